The van der Waals surface area contributed by atoms with Gasteiger partial charge >= 0.3 is 0 Å². The molecule has 2 N–H and O–H groups in total. The molecule has 0 saturated carbocycles. The average molecular weight is 258 g/mol. The number of phenolic OH excluding ortho intramolecular Hbond substituents is 1. The van der Waals surface area contributed by atoms with E-state index in [0.29, 0.717) is 11.7 Å². The number of hydrogen-bond donors (Lipinski definition) is 2. The molecule has 14 heavy (non-hydrogen) atoms. The molecule has 0 fully saturated rings. The van der Waals surface area contributed by atoms with E-state index in [1.807, 2.05) is 6.07 Å². The summed E-state index contributed by atoms with van der Waals surface area (Å²) in [6.45, 7) is 6.12. The lowest BCUT2D eigenvalue weighted by atomic mass is 10.2. The van der Waals surface area contributed by atoms with Crippen molar-refractivity contribution >= 4 is 15.9 Å². The summed E-state index contributed by atoms with van der Waals surface area (Å²) in [4.78, 5) is 0. The smallest absolute Gasteiger partial charge is 0.115 e. The number of halogens is 1. The van der Waals surface area contributed by atoms with E-state index in [1.165, 1.54) is 0 Å². The summed E-state index contributed by atoms with van der Waals surface area (Å²) >= 11 is 3.45. The molecule has 0 saturated heterocycles. The Hall–Kier alpha value is -0.540. The number of phenols is 1. The minimum absolute atomic E-state index is 0.314. The summed E-state index contributed by atoms with van der Waals surface area (Å²) in [6.07, 6.45) is 0. The maximum absolute atomic E-state index is 9.30. The van der Waals surface area contributed by atoms with Gasteiger partial charge in [0, 0.05) is 11.0 Å². The number of rotatable bonds is 4. The lowest BCUT2D eigenvalue weighted by Crippen LogP contribution is -2.19. The average Bonchev–Trinajstić information content (AvgIpc) is 2.10. The van der Waals surface area contributed by atoms with Crippen LogP contribution in [0.2, 0.25) is 0 Å². The second-order valence-corrected chi connectivity index (χ2v) is 4.65. The van der Waals surface area contributed by atoms with Crippen LogP contribution in [0, 0.1) is 5.92 Å². The third kappa shape index (κ3) is 3.68. The monoisotopic (exact) mass is 257 g/mol. The molecule has 0 amide bonds. The first kappa shape index (κ1) is 11.5. The Balaban J connectivity index is 2.53. The summed E-state index contributed by atoms with van der Waals surface area (Å²) in [5.41, 5.74) is 1.09. The lowest BCUT2D eigenvalue weighted by molar-refractivity contribution is 0.473. The standard InChI is InChI=1S/C11H16BrNO/c1-8(2)6-13-7-9-5-10(14)3-4-11(9)12/h3-5,8,13-14H,6-7H2,1-2H3. The molecule has 78 valence electrons. The van der Waals surface area contributed by atoms with Crippen LogP contribution in [-0.4, -0.2) is 11.7 Å². The summed E-state index contributed by atoms with van der Waals surface area (Å²) in [5, 5.41) is 12.6. The van der Waals surface area contributed by atoms with Crippen LogP contribution in [0.5, 0.6) is 5.75 Å². The maximum Gasteiger partial charge on any atom is 0.115 e. The van der Waals surface area contributed by atoms with E-state index in [4.69, 9.17) is 0 Å². The third-order valence-electron chi connectivity index (χ3n) is 1.90. The second kappa shape index (κ2) is 5.37. The van der Waals surface area contributed by atoms with E-state index in [9.17, 15) is 5.11 Å². The number of benzene rings is 1. The molecule has 0 radical (unpaired) electrons. The molecule has 0 bridgehead atoms. The van der Waals surface area contributed by atoms with E-state index in [-0.39, 0.29) is 0 Å². The van der Waals surface area contributed by atoms with Gasteiger partial charge < -0.3 is 10.4 Å². The van der Waals surface area contributed by atoms with Gasteiger partial charge in [-0.2, -0.15) is 0 Å². The molecule has 0 spiro atoms. The van der Waals surface area contributed by atoms with E-state index in [2.05, 4.69) is 35.1 Å². The molecule has 1 aromatic carbocycles. The normalized spacial score (nSPS) is 10.9. The fraction of sp³-hybridized carbons (Fsp3) is 0.455. The van der Waals surface area contributed by atoms with Crippen LogP contribution in [0.4, 0.5) is 0 Å². The summed E-state index contributed by atoms with van der Waals surface area (Å²) in [6, 6.07) is 5.31. The van der Waals surface area contributed by atoms with Crippen LogP contribution in [0.1, 0.15) is 19.4 Å². The Morgan fingerprint density at radius 1 is 1.43 bits per heavy atom. The molecule has 0 aliphatic rings. The van der Waals surface area contributed by atoms with Gasteiger partial charge in [-0.15, -0.1) is 0 Å². The van der Waals surface area contributed by atoms with Crippen molar-refractivity contribution in [3.8, 4) is 5.75 Å². The van der Waals surface area contributed by atoms with Crippen LogP contribution in [0.3, 0.4) is 0 Å². The zero-order chi connectivity index (χ0) is 10.6. The SMILES string of the molecule is CC(C)CNCc1cc(O)ccc1Br. The first-order chi connectivity index (χ1) is 6.59. The molecular formula is C11H16BrNO. The van der Waals surface area contributed by atoms with Crippen molar-refractivity contribution in [2.24, 2.45) is 5.92 Å². The zero-order valence-electron chi connectivity index (χ0n) is 8.55. The van der Waals surface area contributed by atoms with Crippen LogP contribution in [-0.2, 0) is 6.54 Å². The quantitative estimate of drug-likeness (QED) is 0.870. The summed E-state index contributed by atoms with van der Waals surface area (Å²) in [7, 11) is 0. The molecule has 0 unspecified atom stereocenters. The second-order valence-electron chi connectivity index (χ2n) is 3.80. The van der Waals surface area contributed by atoms with E-state index < -0.39 is 0 Å². The van der Waals surface area contributed by atoms with Crippen LogP contribution in [0.25, 0.3) is 0 Å². The lowest BCUT2D eigenvalue weighted by Gasteiger charge is -2.09. The zero-order valence-corrected chi connectivity index (χ0v) is 10.1. The molecule has 0 heterocycles. The Labute approximate surface area is 93.5 Å². The highest BCUT2D eigenvalue weighted by Gasteiger charge is 2.01. The van der Waals surface area contributed by atoms with Crippen molar-refractivity contribution < 1.29 is 5.11 Å². The topological polar surface area (TPSA) is 32.3 Å². The highest BCUT2D eigenvalue weighted by Crippen LogP contribution is 2.21. The Kier molecular flexibility index (Phi) is 4.42. The van der Waals surface area contributed by atoms with E-state index >= 15 is 0 Å². The van der Waals surface area contributed by atoms with Crippen molar-refractivity contribution in [3.63, 3.8) is 0 Å². The summed E-state index contributed by atoms with van der Waals surface area (Å²) < 4.78 is 1.03. The minimum Gasteiger partial charge on any atom is -0.508 e. The van der Waals surface area contributed by atoms with Crippen molar-refractivity contribution in [1.29, 1.82) is 0 Å². The summed E-state index contributed by atoms with van der Waals surface area (Å²) in [5.74, 6) is 0.959. The molecule has 0 aliphatic heterocycles. The van der Waals surface area contributed by atoms with Gasteiger partial charge in [-0.1, -0.05) is 29.8 Å². The molecule has 0 aliphatic carbocycles. The third-order valence-corrected chi connectivity index (χ3v) is 2.67. The van der Waals surface area contributed by atoms with Gasteiger partial charge in [-0.05, 0) is 36.2 Å². The van der Waals surface area contributed by atoms with Crippen molar-refractivity contribution in [2.75, 3.05) is 6.54 Å². The van der Waals surface area contributed by atoms with Gasteiger partial charge in [0.05, 0.1) is 0 Å². The first-order valence-electron chi connectivity index (χ1n) is 4.77. The molecule has 3 heteroatoms. The molecule has 1 aromatic rings. The molecular weight excluding hydrogens is 242 g/mol. The Morgan fingerprint density at radius 2 is 2.14 bits per heavy atom. The van der Waals surface area contributed by atoms with Crippen molar-refractivity contribution in [1.82, 2.24) is 5.32 Å². The molecule has 0 atom stereocenters. The number of aromatic hydroxyl groups is 1. The van der Waals surface area contributed by atoms with Crippen LogP contribution < -0.4 is 5.32 Å². The van der Waals surface area contributed by atoms with E-state index in [1.54, 1.807) is 12.1 Å². The molecule has 0 aromatic heterocycles. The van der Waals surface area contributed by atoms with Gasteiger partial charge in [0.1, 0.15) is 5.75 Å². The molecule has 1 rings (SSSR count). The number of nitrogens with one attached hydrogen (secondary N) is 1. The van der Waals surface area contributed by atoms with Crippen LogP contribution in [0.15, 0.2) is 22.7 Å². The largest absolute Gasteiger partial charge is 0.508 e. The minimum atomic E-state index is 0.314. The first-order valence-corrected chi connectivity index (χ1v) is 5.57. The van der Waals surface area contributed by atoms with Gasteiger partial charge in [0.25, 0.3) is 0 Å². The van der Waals surface area contributed by atoms with Crippen molar-refractivity contribution in [3.05, 3.63) is 28.2 Å². The maximum atomic E-state index is 9.30. The Morgan fingerprint density at radius 3 is 2.79 bits per heavy atom. The molecule has 2 nitrogen and oxygen atoms in total. The van der Waals surface area contributed by atoms with E-state index in [0.717, 1.165) is 23.1 Å². The van der Waals surface area contributed by atoms with Gasteiger partial charge in [0.15, 0.2) is 0 Å². The highest BCUT2D eigenvalue weighted by atomic mass is 79.9. The predicted molar refractivity (Wildman–Crippen MR) is 62.4 cm³/mol. The fourth-order valence-electron chi connectivity index (χ4n) is 1.19. The van der Waals surface area contributed by atoms with Crippen molar-refractivity contribution in [2.45, 2.75) is 20.4 Å². The number of hydrogen-bond acceptors (Lipinski definition) is 2. The van der Waals surface area contributed by atoms with Gasteiger partial charge in [-0.3, -0.25) is 0 Å². The fourth-order valence-corrected chi connectivity index (χ4v) is 1.58. The predicted octanol–water partition coefficient (Wildman–Crippen LogP) is 2.90. The van der Waals surface area contributed by atoms with Gasteiger partial charge in [0.2, 0.25) is 0 Å². The Bertz CT molecular complexity index is 299. The highest BCUT2D eigenvalue weighted by molar-refractivity contribution is 9.10. The van der Waals surface area contributed by atoms with Crippen LogP contribution >= 0.6 is 15.9 Å². The van der Waals surface area contributed by atoms with Gasteiger partial charge in [-0.25, -0.2) is 0 Å².